The van der Waals surface area contributed by atoms with E-state index in [1.807, 2.05) is 60.2 Å². The van der Waals surface area contributed by atoms with Gasteiger partial charge in [0.1, 0.15) is 23.3 Å². The minimum atomic E-state index is -1.35. The van der Waals surface area contributed by atoms with Crippen LogP contribution in [0.5, 0.6) is 5.75 Å². The van der Waals surface area contributed by atoms with E-state index in [2.05, 4.69) is 0 Å². The monoisotopic (exact) mass is 463 g/mol. The Morgan fingerprint density at radius 1 is 1.03 bits per heavy atom. The summed E-state index contributed by atoms with van der Waals surface area (Å²) in [6.07, 6.45) is -1.19. The number of aromatic nitrogens is 1. The molecule has 166 valence electrons. The molecule has 4 rings (SSSR count). The molecule has 1 fully saturated rings. The van der Waals surface area contributed by atoms with Crippen LogP contribution in [0.25, 0.3) is 10.9 Å². The van der Waals surface area contributed by atoms with E-state index in [-0.39, 0.29) is 6.61 Å². The van der Waals surface area contributed by atoms with Gasteiger partial charge >= 0.3 is 0 Å². The average molecular weight is 464 g/mol. The van der Waals surface area contributed by atoms with E-state index in [1.165, 1.54) is 11.8 Å². The molecule has 31 heavy (non-hydrogen) atoms. The van der Waals surface area contributed by atoms with Gasteiger partial charge in [-0.15, -0.1) is 11.8 Å². The van der Waals surface area contributed by atoms with Crippen LogP contribution in [0.1, 0.15) is 23.4 Å². The highest BCUT2D eigenvalue weighted by Crippen LogP contribution is 2.43. The van der Waals surface area contributed by atoms with Crippen molar-refractivity contribution in [1.29, 1.82) is 0 Å². The molecule has 2 aromatic carbocycles. The molecule has 2 heterocycles. The van der Waals surface area contributed by atoms with Gasteiger partial charge in [-0.2, -0.15) is 0 Å². The summed E-state index contributed by atoms with van der Waals surface area (Å²) in [7, 11) is 0. The van der Waals surface area contributed by atoms with Gasteiger partial charge in [0.05, 0.1) is 35.1 Å². The molecule has 0 unspecified atom stereocenters. The van der Waals surface area contributed by atoms with E-state index in [0.717, 1.165) is 27.8 Å². The van der Waals surface area contributed by atoms with Crippen LogP contribution in [0.15, 0.2) is 48.7 Å². The third kappa shape index (κ3) is 4.31. The number of hydrogen-bond donors (Lipinski definition) is 4. The number of fused-ring (bicyclic) bond motifs is 1. The number of ether oxygens (including phenoxy) is 1. The number of aliphatic hydroxyl groups is 4. The van der Waals surface area contributed by atoms with Crippen molar-refractivity contribution in [3.63, 3.8) is 0 Å². The lowest BCUT2D eigenvalue weighted by atomic mass is 10.0. The highest BCUT2D eigenvalue weighted by Gasteiger charge is 2.44. The molecule has 1 saturated heterocycles. The molecule has 1 aliphatic heterocycles. The van der Waals surface area contributed by atoms with Crippen LogP contribution in [0, 0.1) is 0 Å². The van der Waals surface area contributed by atoms with Crippen molar-refractivity contribution in [3.8, 4) is 5.75 Å². The summed E-state index contributed by atoms with van der Waals surface area (Å²) in [5.41, 5.74) is 2.90. The molecule has 1 aromatic heterocycles. The Balaban J connectivity index is 1.73. The molecule has 0 aliphatic carbocycles. The largest absolute Gasteiger partial charge is 0.494 e. The molecule has 0 radical (unpaired) electrons. The quantitative estimate of drug-likeness (QED) is 0.449. The fourth-order valence-corrected chi connectivity index (χ4v) is 5.78. The molecule has 4 N–H and O–H groups in total. The number of halogens is 1. The van der Waals surface area contributed by atoms with Gasteiger partial charge in [-0.3, -0.25) is 0 Å². The fourth-order valence-electron chi connectivity index (χ4n) is 4.09. The summed E-state index contributed by atoms with van der Waals surface area (Å²) in [5, 5.41) is 41.1. The lowest BCUT2D eigenvalue weighted by Gasteiger charge is -2.40. The topological polar surface area (TPSA) is 95.1 Å². The molecule has 6 nitrogen and oxygen atoms in total. The van der Waals surface area contributed by atoms with Crippen LogP contribution < -0.4 is 4.74 Å². The molecule has 0 saturated carbocycles. The van der Waals surface area contributed by atoms with Crippen LogP contribution >= 0.6 is 23.4 Å². The SMILES string of the molecule is CCOc1ccc(Cc2cn([C@@H]3S[C@H](CO)[C@@H](O)[C@H](O)[C@H]3O)c3cccc(Cl)c23)cc1. The van der Waals surface area contributed by atoms with Crippen LogP contribution in [-0.2, 0) is 6.42 Å². The zero-order valence-electron chi connectivity index (χ0n) is 17.1. The van der Waals surface area contributed by atoms with Gasteiger partial charge in [0.2, 0.25) is 0 Å². The lowest BCUT2D eigenvalue weighted by molar-refractivity contribution is -0.0764. The first-order valence-corrected chi connectivity index (χ1v) is 11.6. The third-order valence-corrected chi connectivity index (χ3v) is 7.53. The van der Waals surface area contributed by atoms with E-state index < -0.39 is 28.9 Å². The molecule has 5 atom stereocenters. The van der Waals surface area contributed by atoms with Crippen LogP contribution in [0.3, 0.4) is 0 Å². The van der Waals surface area contributed by atoms with Crippen molar-refractivity contribution in [2.24, 2.45) is 0 Å². The Kier molecular flexibility index (Phi) is 6.81. The molecule has 8 heteroatoms. The van der Waals surface area contributed by atoms with E-state index in [1.54, 1.807) is 0 Å². The number of rotatable bonds is 6. The zero-order valence-corrected chi connectivity index (χ0v) is 18.6. The number of benzene rings is 2. The summed E-state index contributed by atoms with van der Waals surface area (Å²) in [6, 6.07) is 13.5. The smallest absolute Gasteiger partial charge is 0.119 e. The zero-order chi connectivity index (χ0) is 22.1. The molecule has 3 aromatic rings. The molecular weight excluding hydrogens is 438 g/mol. The first-order chi connectivity index (χ1) is 14.9. The normalized spacial score (nSPS) is 26.3. The van der Waals surface area contributed by atoms with Crippen LogP contribution in [0.4, 0.5) is 0 Å². The molecule has 0 bridgehead atoms. The highest BCUT2D eigenvalue weighted by atomic mass is 35.5. The Morgan fingerprint density at radius 3 is 2.45 bits per heavy atom. The second kappa shape index (κ2) is 9.40. The molecule has 0 amide bonds. The van der Waals surface area contributed by atoms with E-state index in [4.69, 9.17) is 16.3 Å². The first kappa shape index (κ1) is 22.5. The van der Waals surface area contributed by atoms with Crippen LogP contribution in [-0.4, -0.2) is 61.8 Å². The van der Waals surface area contributed by atoms with Gasteiger partial charge in [0.15, 0.2) is 0 Å². The summed E-state index contributed by atoms with van der Waals surface area (Å²) < 4.78 is 7.40. The standard InChI is InChI=1S/C23H26ClNO5S/c1-2-30-15-8-6-13(7-9-15)10-14-11-25(17-5-3-4-16(24)19(14)17)23-22(29)21(28)20(27)18(12-26)31-23/h3-9,11,18,20-23,26-29H,2,10,12H2,1H3/t18-,20-,21+,22-,23-/m1/s1. The Morgan fingerprint density at radius 2 is 1.77 bits per heavy atom. The van der Waals surface area contributed by atoms with Crippen molar-refractivity contribution >= 4 is 34.3 Å². The number of aliphatic hydroxyl groups excluding tert-OH is 4. The Hall–Kier alpha value is -1.74. The van der Waals surface area contributed by atoms with Gasteiger partial charge in [-0.1, -0.05) is 29.8 Å². The van der Waals surface area contributed by atoms with Gasteiger partial charge in [0, 0.05) is 11.6 Å². The number of thioether (sulfide) groups is 1. The van der Waals surface area contributed by atoms with Crippen molar-refractivity contribution < 1.29 is 25.2 Å². The van der Waals surface area contributed by atoms with Gasteiger partial charge in [-0.05, 0) is 48.7 Å². The molecular formula is C23H26ClNO5S. The second-order valence-corrected chi connectivity index (χ2v) is 9.44. The average Bonchev–Trinajstić information content (AvgIpc) is 3.13. The lowest BCUT2D eigenvalue weighted by Crippen LogP contribution is -2.52. The van der Waals surface area contributed by atoms with Crippen molar-refractivity contribution in [2.45, 2.75) is 42.3 Å². The van der Waals surface area contributed by atoms with Gasteiger partial charge in [-0.25, -0.2) is 0 Å². The first-order valence-electron chi connectivity index (χ1n) is 10.2. The maximum Gasteiger partial charge on any atom is 0.119 e. The predicted octanol–water partition coefficient (Wildman–Crippen LogP) is 2.97. The van der Waals surface area contributed by atoms with E-state index in [9.17, 15) is 20.4 Å². The fraction of sp³-hybridized carbons (Fsp3) is 0.391. The van der Waals surface area contributed by atoms with Crippen molar-refractivity contribution in [1.82, 2.24) is 4.57 Å². The summed E-state index contributed by atoms with van der Waals surface area (Å²) in [5.74, 6) is 0.816. The predicted molar refractivity (Wildman–Crippen MR) is 123 cm³/mol. The van der Waals surface area contributed by atoms with Gasteiger partial charge in [0.25, 0.3) is 0 Å². The summed E-state index contributed by atoms with van der Waals surface area (Å²) in [6.45, 7) is 2.25. The third-order valence-electron chi connectivity index (χ3n) is 5.66. The minimum Gasteiger partial charge on any atom is -0.494 e. The molecule has 0 spiro atoms. The molecule has 1 aliphatic rings. The van der Waals surface area contributed by atoms with E-state index >= 15 is 0 Å². The number of hydrogen-bond acceptors (Lipinski definition) is 6. The number of nitrogens with zero attached hydrogens (tertiary/aromatic N) is 1. The minimum absolute atomic E-state index is 0.300. The maximum atomic E-state index is 10.7. The summed E-state index contributed by atoms with van der Waals surface area (Å²) >= 11 is 7.80. The van der Waals surface area contributed by atoms with Crippen molar-refractivity contribution in [3.05, 3.63) is 64.8 Å². The van der Waals surface area contributed by atoms with Crippen molar-refractivity contribution in [2.75, 3.05) is 13.2 Å². The Labute approximate surface area is 190 Å². The van der Waals surface area contributed by atoms with Crippen LogP contribution in [0.2, 0.25) is 5.02 Å². The highest BCUT2D eigenvalue weighted by molar-refractivity contribution is 8.00. The van der Waals surface area contributed by atoms with Gasteiger partial charge < -0.3 is 29.7 Å². The maximum absolute atomic E-state index is 10.7. The Bertz CT molecular complexity index is 1040. The van der Waals surface area contributed by atoms with E-state index in [0.29, 0.717) is 18.1 Å². The summed E-state index contributed by atoms with van der Waals surface area (Å²) in [4.78, 5) is 0. The second-order valence-electron chi connectivity index (χ2n) is 7.67.